The summed E-state index contributed by atoms with van der Waals surface area (Å²) in [6.07, 6.45) is 0.134. The molecule has 1 aromatic rings. The summed E-state index contributed by atoms with van der Waals surface area (Å²) < 4.78 is 25.1. The van der Waals surface area contributed by atoms with Crippen LogP contribution in [0.1, 0.15) is 12.8 Å². The van der Waals surface area contributed by atoms with E-state index >= 15 is 0 Å². The van der Waals surface area contributed by atoms with E-state index in [1.54, 1.807) is 0 Å². The first-order valence-electron chi connectivity index (χ1n) is 4.22. The summed E-state index contributed by atoms with van der Waals surface area (Å²) in [5, 5.41) is 12.5. The van der Waals surface area contributed by atoms with Crippen molar-refractivity contribution >= 4 is 11.9 Å². The van der Waals surface area contributed by atoms with Gasteiger partial charge in [0.25, 0.3) is 0 Å². The second-order valence-electron chi connectivity index (χ2n) is 2.74. The van der Waals surface area contributed by atoms with Crippen LogP contribution in [0.5, 0.6) is 0 Å². The molecule has 0 radical (unpaired) electrons. The molecule has 0 unspecified atom stereocenters. The number of hydrogen-bond acceptors (Lipinski definition) is 5. The largest absolute Gasteiger partial charge is 0.550 e. The van der Waals surface area contributed by atoms with Gasteiger partial charge in [0.2, 0.25) is 17.8 Å². The Hall–Kier alpha value is -1.79. The number of rotatable bonds is 5. The Balaban J connectivity index is 2.40. The van der Waals surface area contributed by atoms with Crippen molar-refractivity contribution < 1.29 is 18.7 Å². The summed E-state index contributed by atoms with van der Waals surface area (Å²) >= 11 is 0. The molecule has 0 atom stereocenters. The molecule has 0 bridgehead atoms. The number of aromatic nitrogens is 2. The molecule has 0 aliphatic heterocycles. The number of nitrogens with zero attached hydrogens (tertiary/aromatic N) is 2. The predicted molar refractivity (Wildman–Crippen MR) is 44.7 cm³/mol. The molecule has 0 aliphatic carbocycles. The highest BCUT2D eigenvalue weighted by atomic mass is 19.1. The van der Waals surface area contributed by atoms with Crippen molar-refractivity contribution in [2.24, 2.45) is 0 Å². The van der Waals surface area contributed by atoms with Crippen molar-refractivity contribution in [1.29, 1.82) is 0 Å². The molecule has 82 valence electrons. The predicted octanol–water partition coefficient (Wildman–Crippen LogP) is -0.303. The van der Waals surface area contributed by atoms with Gasteiger partial charge in [0.15, 0.2) is 0 Å². The first-order valence-corrected chi connectivity index (χ1v) is 4.22. The van der Waals surface area contributed by atoms with E-state index in [9.17, 15) is 18.7 Å². The Bertz CT molecular complexity index is 339. The van der Waals surface area contributed by atoms with Crippen molar-refractivity contribution in [3.05, 3.63) is 18.0 Å². The number of aliphatic carboxylic acids is 1. The van der Waals surface area contributed by atoms with Gasteiger partial charge >= 0.3 is 0 Å². The topological polar surface area (TPSA) is 77.9 Å². The summed E-state index contributed by atoms with van der Waals surface area (Å²) in [5.74, 6) is -3.34. The third kappa shape index (κ3) is 4.30. The second-order valence-corrected chi connectivity index (χ2v) is 2.74. The van der Waals surface area contributed by atoms with Crippen molar-refractivity contribution in [3.63, 3.8) is 0 Å². The van der Waals surface area contributed by atoms with Crippen LogP contribution in [0, 0.1) is 11.9 Å². The number of carbonyl (C=O) groups excluding carboxylic acids is 1. The van der Waals surface area contributed by atoms with Crippen LogP contribution in [0.25, 0.3) is 0 Å². The maximum Gasteiger partial charge on any atom is 0.228 e. The summed E-state index contributed by atoms with van der Waals surface area (Å²) in [4.78, 5) is 16.5. The lowest BCUT2D eigenvalue weighted by Gasteiger charge is -2.04. The molecule has 0 saturated carbocycles. The fourth-order valence-electron chi connectivity index (χ4n) is 0.902. The van der Waals surface area contributed by atoms with Gasteiger partial charge in [0, 0.05) is 18.6 Å². The number of halogens is 2. The Labute approximate surface area is 84.2 Å². The van der Waals surface area contributed by atoms with Gasteiger partial charge in [-0.3, -0.25) is 0 Å². The van der Waals surface area contributed by atoms with Crippen molar-refractivity contribution in [3.8, 4) is 0 Å². The van der Waals surface area contributed by atoms with Gasteiger partial charge in [-0.05, 0) is 12.8 Å². The summed E-state index contributed by atoms with van der Waals surface area (Å²) in [5.41, 5.74) is 0. The number of hydrogen-bond donors (Lipinski definition) is 1. The summed E-state index contributed by atoms with van der Waals surface area (Å²) in [6, 6.07) is 0.548. The molecule has 0 aromatic carbocycles. The van der Waals surface area contributed by atoms with Crippen LogP contribution in [-0.2, 0) is 4.79 Å². The van der Waals surface area contributed by atoms with E-state index in [-0.39, 0.29) is 25.3 Å². The van der Waals surface area contributed by atoms with Gasteiger partial charge < -0.3 is 15.2 Å². The molecule has 0 aliphatic rings. The average molecular weight is 216 g/mol. The smallest absolute Gasteiger partial charge is 0.228 e. The molecule has 7 heteroatoms. The zero-order valence-electron chi connectivity index (χ0n) is 7.67. The van der Waals surface area contributed by atoms with E-state index in [1.165, 1.54) is 0 Å². The Kier molecular flexibility index (Phi) is 3.90. The molecular formula is C8H8F2N3O2-. The third-order valence-corrected chi connectivity index (χ3v) is 1.50. The van der Waals surface area contributed by atoms with Gasteiger partial charge in [0.05, 0.1) is 0 Å². The molecule has 15 heavy (non-hydrogen) atoms. The lowest BCUT2D eigenvalue weighted by Crippen LogP contribution is -2.22. The van der Waals surface area contributed by atoms with Crippen LogP contribution in [-0.4, -0.2) is 22.5 Å². The molecule has 0 spiro atoms. The van der Waals surface area contributed by atoms with Gasteiger partial charge in [0.1, 0.15) is 0 Å². The van der Waals surface area contributed by atoms with Crippen LogP contribution in [0.3, 0.4) is 0 Å². The lowest BCUT2D eigenvalue weighted by molar-refractivity contribution is -0.305. The van der Waals surface area contributed by atoms with Gasteiger partial charge in [-0.2, -0.15) is 18.7 Å². The van der Waals surface area contributed by atoms with E-state index in [0.717, 1.165) is 0 Å². The number of anilines is 1. The SMILES string of the molecule is O=C([O-])CCCNc1nc(F)cc(F)n1. The fraction of sp³-hybridized carbons (Fsp3) is 0.375. The first-order chi connectivity index (χ1) is 7.08. The summed E-state index contributed by atoms with van der Waals surface area (Å²) in [6.45, 7) is 0.205. The minimum Gasteiger partial charge on any atom is -0.550 e. The molecule has 0 saturated heterocycles. The number of carboxylic acid groups (broad SMARTS) is 1. The number of carbonyl (C=O) groups is 1. The van der Waals surface area contributed by atoms with Crippen LogP contribution in [0.15, 0.2) is 6.07 Å². The highest BCUT2D eigenvalue weighted by Crippen LogP contribution is 2.02. The molecule has 1 heterocycles. The zero-order chi connectivity index (χ0) is 11.3. The minimum absolute atomic E-state index is 0.134. The average Bonchev–Trinajstić information content (AvgIpc) is 2.10. The molecule has 0 fully saturated rings. The molecule has 1 N–H and O–H groups in total. The van der Waals surface area contributed by atoms with Gasteiger partial charge in [-0.15, -0.1) is 0 Å². The van der Waals surface area contributed by atoms with Crippen molar-refractivity contribution in [2.45, 2.75) is 12.8 Å². The zero-order valence-corrected chi connectivity index (χ0v) is 7.67. The van der Waals surface area contributed by atoms with E-state index < -0.39 is 17.9 Å². The van der Waals surface area contributed by atoms with E-state index in [4.69, 9.17) is 0 Å². The van der Waals surface area contributed by atoms with E-state index in [0.29, 0.717) is 6.07 Å². The van der Waals surface area contributed by atoms with Crippen LogP contribution < -0.4 is 10.4 Å². The molecule has 1 aromatic heterocycles. The Morgan fingerprint density at radius 1 is 1.40 bits per heavy atom. The Morgan fingerprint density at radius 2 is 2.00 bits per heavy atom. The van der Waals surface area contributed by atoms with Crippen molar-refractivity contribution in [2.75, 3.05) is 11.9 Å². The van der Waals surface area contributed by atoms with Crippen LogP contribution in [0.2, 0.25) is 0 Å². The van der Waals surface area contributed by atoms with E-state index in [1.807, 2.05) is 0 Å². The highest BCUT2D eigenvalue weighted by Gasteiger charge is 2.02. The quantitative estimate of drug-likeness (QED) is 0.540. The summed E-state index contributed by atoms with van der Waals surface area (Å²) in [7, 11) is 0. The highest BCUT2D eigenvalue weighted by molar-refractivity contribution is 5.64. The molecular weight excluding hydrogens is 208 g/mol. The van der Waals surface area contributed by atoms with Crippen LogP contribution >= 0.6 is 0 Å². The fourth-order valence-corrected chi connectivity index (χ4v) is 0.902. The van der Waals surface area contributed by atoms with Crippen LogP contribution in [0.4, 0.5) is 14.7 Å². The molecule has 1 rings (SSSR count). The van der Waals surface area contributed by atoms with E-state index in [2.05, 4.69) is 15.3 Å². The van der Waals surface area contributed by atoms with Crippen molar-refractivity contribution in [1.82, 2.24) is 9.97 Å². The normalized spacial score (nSPS) is 10.0. The minimum atomic E-state index is -1.18. The third-order valence-electron chi connectivity index (χ3n) is 1.50. The van der Waals surface area contributed by atoms with Gasteiger partial charge in [-0.25, -0.2) is 0 Å². The van der Waals surface area contributed by atoms with Gasteiger partial charge in [-0.1, -0.05) is 0 Å². The molecule has 5 nitrogen and oxygen atoms in total. The first kappa shape index (κ1) is 11.3. The monoisotopic (exact) mass is 216 g/mol. The molecule has 0 amide bonds. The standard InChI is InChI=1S/C8H9F2N3O2/c9-5-4-6(10)13-8(12-5)11-3-1-2-7(14)15/h4H,1-3H2,(H,14,15)(H,11,12,13)/p-1. The Morgan fingerprint density at radius 3 is 2.53 bits per heavy atom. The second kappa shape index (κ2) is 5.18. The maximum absolute atomic E-state index is 12.5. The number of carboxylic acids is 1. The lowest BCUT2D eigenvalue weighted by atomic mass is 10.3. The maximum atomic E-state index is 12.5. The number of nitrogens with one attached hydrogen (secondary N) is 1.